The second-order valence-electron chi connectivity index (χ2n) is 10.7. The van der Waals surface area contributed by atoms with Crippen molar-refractivity contribution in [2.24, 2.45) is 0 Å². The Labute approximate surface area is 239 Å². The summed E-state index contributed by atoms with van der Waals surface area (Å²) in [6.07, 6.45) is 4.86. The van der Waals surface area contributed by atoms with E-state index < -0.39 is 5.92 Å². The Morgan fingerprint density at radius 1 is 0.902 bits per heavy atom. The molecule has 0 bridgehead atoms. The van der Waals surface area contributed by atoms with Crippen LogP contribution in [0.5, 0.6) is 0 Å². The average Bonchev–Trinajstić information content (AvgIpc) is 3.46. The molecule has 0 aliphatic carbocycles. The number of nitrogens with one attached hydrogen (secondary N) is 2. The van der Waals surface area contributed by atoms with Gasteiger partial charge in [0.1, 0.15) is 5.82 Å². The number of benzene rings is 2. The molecule has 3 heterocycles. The molecule has 8 heteroatoms. The highest BCUT2D eigenvalue weighted by atomic mass is 16.2. The quantitative estimate of drug-likeness (QED) is 0.217. The van der Waals surface area contributed by atoms with Crippen LogP contribution in [0, 0.1) is 13.8 Å². The summed E-state index contributed by atoms with van der Waals surface area (Å²) < 4.78 is 0. The molecule has 3 aromatic heterocycles. The standard InChI is InChI=1S/C33H36N6O2/c1-20(33(41)39(5)19-28-22(3)37-30-13-9-7-11-25(28)30)26-16-23(17-35-32(26)34)14-15-31(40)38(4)18-27-21(2)36-29-12-8-6-10-24(27)29/h6-17,20,36-37H,18-19H2,1-5H3,(H2,34,35)/b15-14+. The number of anilines is 1. The first-order valence-corrected chi connectivity index (χ1v) is 13.7. The summed E-state index contributed by atoms with van der Waals surface area (Å²) >= 11 is 0. The van der Waals surface area contributed by atoms with Crippen LogP contribution in [-0.4, -0.2) is 50.7 Å². The Hall–Kier alpha value is -4.85. The number of amides is 2. The van der Waals surface area contributed by atoms with E-state index in [0.29, 0.717) is 30.0 Å². The van der Waals surface area contributed by atoms with Crippen LogP contribution in [0.2, 0.25) is 0 Å². The minimum Gasteiger partial charge on any atom is -0.383 e. The summed E-state index contributed by atoms with van der Waals surface area (Å²) in [5.41, 5.74) is 13.9. The number of likely N-dealkylation sites (N-methyl/N-ethyl adjacent to an activating group) is 2. The number of nitrogen functional groups attached to an aromatic ring is 1. The van der Waals surface area contributed by atoms with E-state index in [-0.39, 0.29) is 11.8 Å². The fraction of sp³-hybridized carbons (Fsp3) is 0.242. The number of para-hydroxylation sites is 2. The number of aromatic amines is 2. The maximum Gasteiger partial charge on any atom is 0.246 e. The molecule has 2 amide bonds. The fourth-order valence-corrected chi connectivity index (χ4v) is 5.41. The number of hydrogen-bond donors (Lipinski definition) is 3. The molecule has 0 spiro atoms. The molecule has 0 saturated carbocycles. The van der Waals surface area contributed by atoms with Crippen LogP contribution < -0.4 is 5.73 Å². The lowest BCUT2D eigenvalue weighted by Crippen LogP contribution is -2.30. The molecule has 210 valence electrons. The van der Waals surface area contributed by atoms with Crippen molar-refractivity contribution in [2.75, 3.05) is 19.8 Å². The second-order valence-corrected chi connectivity index (χ2v) is 10.7. The number of H-pyrrole nitrogens is 2. The van der Waals surface area contributed by atoms with Crippen LogP contribution in [0.4, 0.5) is 5.82 Å². The lowest BCUT2D eigenvalue weighted by Gasteiger charge is -2.23. The molecule has 2 aromatic carbocycles. The zero-order valence-electron chi connectivity index (χ0n) is 24.2. The molecule has 0 aliphatic rings. The van der Waals surface area contributed by atoms with Gasteiger partial charge in [-0.15, -0.1) is 0 Å². The smallest absolute Gasteiger partial charge is 0.246 e. The molecular weight excluding hydrogens is 512 g/mol. The molecule has 4 N–H and O–H groups in total. The number of fused-ring (bicyclic) bond motifs is 2. The number of pyridine rings is 1. The minimum absolute atomic E-state index is 0.0609. The third kappa shape index (κ3) is 5.59. The Morgan fingerprint density at radius 3 is 2.02 bits per heavy atom. The van der Waals surface area contributed by atoms with Gasteiger partial charge in [-0.2, -0.15) is 0 Å². The lowest BCUT2D eigenvalue weighted by molar-refractivity contribution is -0.131. The van der Waals surface area contributed by atoms with E-state index in [4.69, 9.17) is 5.73 Å². The van der Waals surface area contributed by atoms with Crippen molar-refractivity contribution >= 4 is 45.5 Å². The van der Waals surface area contributed by atoms with Crippen molar-refractivity contribution in [3.05, 3.63) is 101 Å². The van der Waals surface area contributed by atoms with Crippen molar-refractivity contribution < 1.29 is 9.59 Å². The number of carbonyl (C=O) groups excluding carboxylic acids is 2. The number of nitrogens with two attached hydrogens (primary N) is 1. The molecule has 0 aliphatic heterocycles. The maximum atomic E-state index is 13.5. The summed E-state index contributed by atoms with van der Waals surface area (Å²) in [6.45, 7) is 6.84. The van der Waals surface area contributed by atoms with Gasteiger partial charge in [-0.25, -0.2) is 4.98 Å². The van der Waals surface area contributed by atoms with E-state index in [2.05, 4.69) is 27.1 Å². The summed E-state index contributed by atoms with van der Waals surface area (Å²) in [5.74, 6) is -0.396. The highest BCUT2D eigenvalue weighted by molar-refractivity contribution is 5.93. The van der Waals surface area contributed by atoms with Gasteiger partial charge in [-0.3, -0.25) is 9.59 Å². The third-order valence-electron chi connectivity index (χ3n) is 7.82. The number of carbonyl (C=O) groups is 2. The molecular formula is C33H36N6O2. The molecule has 8 nitrogen and oxygen atoms in total. The third-order valence-corrected chi connectivity index (χ3v) is 7.82. The Balaban J connectivity index is 1.28. The van der Waals surface area contributed by atoms with Crippen LogP contribution in [0.3, 0.4) is 0 Å². The predicted octanol–water partition coefficient (Wildman–Crippen LogP) is 5.68. The molecule has 0 fully saturated rings. The van der Waals surface area contributed by atoms with Gasteiger partial charge in [0, 0.05) is 78.2 Å². The Bertz CT molecular complexity index is 1780. The van der Waals surface area contributed by atoms with Crippen LogP contribution in [-0.2, 0) is 22.7 Å². The van der Waals surface area contributed by atoms with Crippen LogP contribution in [0.25, 0.3) is 27.9 Å². The van der Waals surface area contributed by atoms with E-state index in [1.165, 1.54) is 6.08 Å². The van der Waals surface area contributed by atoms with Gasteiger partial charge in [0.05, 0.1) is 5.92 Å². The first kappa shape index (κ1) is 27.7. The SMILES string of the molecule is Cc1[nH]c2ccccc2c1CN(C)C(=O)/C=C/c1cnc(N)c(C(C)C(=O)N(C)Cc2c(C)[nH]c3ccccc23)c1. The number of aromatic nitrogens is 3. The van der Waals surface area contributed by atoms with Crippen molar-refractivity contribution in [1.82, 2.24) is 24.8 Å². The highest BCUT2D eigenvalue weighted by Gasteiger charge is 2.23. The molecule has 1 unspecified atom stereocenters. The summed E-state index contributed by atoms with van der Waals surface area (Å²) in [4.78, 5) is 40.9. The normalized spacial score (nSPS) is 12.3. The van der Waals surface area contributed by atoms with Gasteiger partial charge in [0.15, 0.2) is 0 Å². The van der Waals surface area contributed by atoms with Crippen LogP contribution in [0.1, 0.15) is 46.5 Å². The fourth-order valence-electron chi connectivity index (χ4n) is 5.41. The van der Waals surface area contributed by atoms with Crippen LogP contribution in [0.15, 0.2) is 66.9 Å². The number of aryl methyl sites for hydroxylation is 2. The molecule has 0 radical (unpaired) electrons. The van der Waals surface area contributed by atoms with Gasteiger partial charge >= 0.3 is 0 Å². The summed E-state index contributed by atoms with van der Waals surface area (Å²) in [6, 6.07) is 18.0. The number of nitrogens with zero attached hydrogens (tertiary/aromatic N) is 3. The lowest BCUT2D eigenvalue weighted by atomic mass is 9.98. The van der Waals surface area contributed by atoms with Crippen molar-refractivity contribution in [1.29, 1.82) is 0 Å². The van der Waals surface area contributed by atoms with E-state index in [9.17, 15) is 9.59 Å². The highest BCUT2D eigenvalue weighted by Crippen LogP contribution is 2.27. The Kier molecular flexibility index (Phi) is 7.66. The van der Waals surface area contributed by atoms with Crippen molar-refractivity contribution in [3.8, 4) is 0 Å². The zero-order chi connectivity index (χ0) is 29.3. The molecule has 5 rings (SSSR count). The predicted molar refractivity (Wildman–Crippen MR) is 165 cm³/mol. The topological polar surface area (TPSA) is 111 Å². The van der Waals surface area contributed by atoms with Gasteiger partial charge < -0.3 is 25.5 Å². The zero-order valence-corrected chi connectivity index (χ0v) is 24.2. The number of rotatable bonds is 8. The molecule has 0 saturated heterocycles. The summed E-state index contributed by atoms with van der Waals surface area (Å²) in [5, 5.41) is 2.23. The molecule has 1 atom stereocenters. The van der Waals surface area contributed by atoms with E-state index in [0.717, 1.165) is 44.3 Å². The first-order chi connectivity index (χ1) is 19.6. The van der Waals surface area contributed by atoms with Crippen molar-refractivity contribution in [2.45, 2.75) is 39.8 Å². The molecule has 41 heavy (non-hydrogen) atoms. The maximum absolute atomic E-state index is 13.5. The number of hydrogen-bond acceptors (Lipinski definition) is 4. The summed E-state index contributed by atoms with van der Waals surface area (Å²) in [7, 11) is 3.59. The van der Waals surface area contributed by atoms with E-state index in [1.54, 1.807) is 36.2 Å². The van der Waals surface area contributed by atoms with E-state index in [1.807, 2.05) is 63.2 Å². The van der Waals surface area contributed by atoms with Crippen LogP contribution >= 0.6 is 0 Å². The average molecular weight is 549 g/mol. The minimum atomic E-state index is -0.505. The van der Waals surface area contributed by atoms with Gasteiger partial charge in [0.25, 0.3) is 0 Å². The van der Waals surface area contributed by atoms with Crippen molar-refractivity contribution in [3.63, 3.8) is 0 Å². The van der Waals surface area contributed by atoms with Gasteiger partial charge in [-0.1, -0.05) is 36.4 Å². The van der Waals surface area contributed by atoms with E-state index >= 15 is 0 Å². The Morgan fingerprint density at radius 2 is 1.44 bits per heavy atom. The van der Waals surface area contributed by atoms with Gasteiger partial charge in [0.2, 0.25) is 11.8 Å². The first-order valence-electron chi connectivity index (χ1n) is 13.7. The second kappa shape index (κ2) is 11.3. The monoisotopic (exact) mass is 548 g/mol. The van der Waals surface area contributed by atoms with Gasteiger partial charge in [-0.05, 0) is 61.7 Å². The molecule has 5 aromatic rings. The largest absolute Gasteiger partial charge is 0.383 e.